The summed E-state index contributed by atoms with van der Waals surface area (Å²) in [6, 6.07) is 57.9. The molecule has 0 atom stereocenters. The first kappa shape index (κ1) is 56.7. The van der Waals surface area contributed by atoms with Crippen LogP contribution in [-0.2, 0) is 32.5 Å². The van der Waals surface area contributed by atoms with Crippen LogP contribution < -0.4 is 4.90 Å². The lowest BCUT2D eigenvalue weighted by molar-refractivity contribution is 0.0990. The molecule has 11 rings (SSSR count). The summed E-state index contributed by atoms with van der Waals surface area (Å²) < 4.78 is 0. The molecule has 9 aromatic carbocycles. The Labute approximate surface area is 493 Å². The number of carbonyl (C=O) groups is 2. The molecule has 0 radical (unpaired) electrons. The van der Waals surface area contributed by atoms with E-state index in [1.807, 2.05) is 0 Å². The van der Waals surface area contributed by atoms with Crippen molar-refractivity contribution >= 4 is 56.2 Å². The number of hydrogen-bond acceptors (Lipinski definition) is 4. The van der Waals surface area contributed by atoms with Crippen molar-refractivity contribution in [1.29, 1.82) is 5.26 Å². The highest BCUT2D eigenvalue weighted by Gasteiger charge is 2.36. The molecular weight excluding hydrogens is 1010 g/mol. The number of nitriles is 1. The van der Waals surface area contributed by atoms with Crippen LogP contribution in [0.25, 0.3) is 72.1 Å². The van der Waals surface area contributed by atoms with Gasteiger partial charge in [0.15, 0.2) is 11.6 Å². The third kappa shape index (κ3) is 10.0. The average Bonchev–Trinajstić information content (AvgIpc) is 1.79. The van der Waals surface area contributed by atoms with Gasteiger partial charge in [0.25, 0.3) is 0 Å². The topological polar surface area (TPSA) is 61.2 Å². The number of benzene rings is 9. The molecule has 0 aromatic heterocycles. The fourth-order valence-corrected chi connectivity index (χ4v) is 12.4. The van der Waals surface area contributed by atoms with Gasteiger partial charge < -0.3 is 4.90 Å². The van der Waals surface area contributed by atoms with E-state index in [1.54, 1.807) is 24.3 Å². The van der Waals surface area contributed by atoms with Crippen LogP contribution in [-0.4, -0.2) is 11.6 Å². The number of Topliss-reactive ketones (excluding diaryl/α,β-unsaturated/α-hetero) is 2. The minimum absolute atomic E-state index is 0.0114. The molecule has 9 aromatic rings. The van der Waals surface area contributed by atoms with Gasteiger partial charge >= 0.3 is 0 Å². The van der Waals surface area contributed by atoms with Crippen LogP contribution in [0.5, 0.6) is 0 Å². The maximum Gasteiger partial charge on any atom is 0.197 e. The van der Waals surface area contributed by atoms with Gasteiger partial charge in [-0.1, -0.05) is 222 Å². The zero-order valence-corrected chi connectivity index (χ0v) is 52.2. The molecule has 0 heterocycles. The second-order valence-corrected chi connectivity index (χ2v) is 29.8. The van der Waals surface area contributed by atoms with Gasteiger partial charge in [0.1, 0.15) is 0 Å². The van der Waals surface area contributed by atoms with Crippen LogP contribution in [0, 0.1) is 11.3 Å². The third-order valence-electron chi connectivity index (χ3n) is 17.5. The summed E-state index contributed by atoms with van der Waals surface area (Å²) in [5.74, 6) is -0.686. The number of fused-ring (bicyclic) bond motifs is 5. The zero-order valence-electron chi connectivity index (χ0n) is 52.2. The quantitative estimate of drug-likeness (QED) is 0.123. The predicted octanol–water partition coefficient (Wildman–Crippen LogP) is 21.6. The molecule has 418 valence electrons. The Morgan fingerprint density at radius 3 is 1.27 bits per heavy atom. The Morgan fingerprint density at radius 2 is 0.807 bits per heavy atom. The number of ketones is 2. The summed E-state index contributed by atoms with van der Waals surface area (Å²) in [7, 11) is 0. The molecule has 4 heteroatoms. The number of nitrogens with zero attached hydrogens (tertiary/aromatic N) is 2. The first-order valence-corrected chi connectivity index (χ1v) is 29.6. The maximum absolute atomic E-state index is 14.3. The normalized spacial score (nSPS) is 14.2. The van der Waals surface area contributed by atoms with E-state index in [0.29, 0.717) is 11.1 Å². The minimum Gasteiger partial charge on any atom is -0.310 e. The van der Waals surface area contributed by atoms with Crippen molar-refractivity contribution in [3.8, 4) is 50.6 Å². The maximum atomic E-state index is 14.3. The first-order valence-electron chi connectivity index (χ1n) is 29.6. The van der Waals surface area contributed by atoms with E-state index in [0.717, 1.165) is 66.6 Å². The predicted molar refractivity (Wildman–Crippen MR) is 351 cm³/mol. The zero-order chi connectivity index (χ0) is 59.8. The summed E-state index contributed by atoms with van der Waals surface area (Å²) in [5.41, 5.74) is 21.2. The molecule has 0 saturated carbocycles. The van der Waals surface area contributed by atoms with Crippen LogP contribution >= 0.6 is 0 Å². The van der Waals surface area contributed by atoms with Gasteiger partial charge in [-0.25, -0.2) is 0 Å². The lowest BCUT2D eigenvalue weighted by Gasteiger charge is -2.29. The molecule has 0 unspecified atom stereocenters. The second kappa shape index (κ2) is 19.5. The lowest BCUT2D eigenvalue weighted by atomic mass is 9.75. The molecule has 0 aliphatic heterocycles. The van der Waals surface area contributed by atoms with Crippen molar-refractivity contribution in [3.63, 3.8) is 0 Å². The van der Waals surface area contributed by atoms with E-state index < -0.39 is 0 Å². The lowest BCUT2D eigenvalue weighted by Crippen LogP contribution is -2.17. The van der Waals surface area contributed by atoms with E-state index in [1.165, 1.54) is 55.5 Å². The van der Waals surface area contributed by atoms with E-state index in [4.69, 9.17) is 0 Å². The third-order valence-corrected chi connectivity index (χ3v) is 17.5. The second-order valence-electron chi connectivity index (χ2n) is 29.8. The first-order chi connectivity index (χ1) is 38.7. The van der Waals surface area contributed by atoms with Gasteiger partial charge in [-0.3, -0.25) is 9.59 Å². The highest BCUT2D eigenvalue weighted by Crippen LogP contribution is 2.60. The molecule has 4 nitrogen and oxygen atoms in total. The van der Waals surface area contributed by atoms with E-state index in [9.17, 15) is 14.9 Å². The van der Waals surface area contributed by atoms with Gasteiger partial charge in [-0.2, -0.15) is 5.26 Å². The SMILES string of the molecule is CC(C)(C)c1ccc(N(c2ccc(C(C)(C)C)cc2)c2ccc3c4c(cccc24)-c2c-3c(-c3cc(C(C)(C)C)cc(C(C)(C)C)c3)c3ccc(/C=C4/C(=O)c5ccc(C#N)cc5C4=O)cc3c2-c2cc(C(C)(C)C)cc(C(C)(C)C)c2)cc1. The fraction of sp³-hybridized carbons (Fsp3) is 0.304. The largest absolute Gasteiger partial charge is 0.310 e. The van der Waals surface area contributed by atoms with Crippen LogP contribution in [0.2, 0.25) is 0 Å². The number of rotatable bonds is 6. The highest BCUT2D eigenvalue weighted by atomic mass is 16.2. The van der Waals surface area contributed by atoms with Crippen molar-refractivity contribution in [3.05, 3.63) is 213 Å². The summed E-state index contributed by atoms with van der Waals surface area (Å²) in [6.45, 7) is 41.3. The van der Waals surface area contributed by atoms with Crippen LogP contribution in [0.1, 0.15) is 190 Å². The van der Waals surface area contributed by atoms with Gasteiger partial charge in [-0.05, 0) is 193 Å². The molecule has 0 amide bonds. The molecule has 0 N–H and O–H groups in total. The standard InChI is InChI=1S/C79H80N2O2/c1-74(2,3)50-24-28-56(29-25-50)81(57-30-26-51(27-31-57)75(4,5)6)66-35-34-62-69-60(66)20-19-21-61(69)70-68(49-41-54(78(13,14)15)44-55(42-49)79(16,17)18)63-36-46(37-65-72(82)59-33-23-47(45-80)38-64(59)73(65)83)22-32-58(63)67(71(62)70)48-39-52(76(7,8)9)43-53(40-48)77(10,11)12/h19-44H,1-18H3/b65-37-. The van der Waals surface area contributed by atoms with E-state index in [2.05, 4.69) is 269 Å². The molecule has 2 aliphatic rings. The summed E-state index contributed by atoms with van der Waals surface area (Å²) in [6.07, 6.45) is 1.77. The van der Waals surface area contributed by atoms with Crippen molar-refractivity contribution in [2.45, 2.75) is 157 Å². The number of allylic oxidation sites excluding steroid dienone is 1. The van der Waals surface area contributed by atoms with E-state index in [-0.39, 0.29) is 55.2 Å². The average molecular weight is 1090 g/mol. The number of anilines is 3. The Hall–Kier alpha value is -8.13. The fourth-order valence-electron chi connectivity index (χ4n) is 12.4. The molecule has 83 heavy (non-hydrogen) atoms. The molecular formula is C79H80N2O2. The highest BCUT2D eigenvalue weighted by molar-refractivity contribution is 6.41. The monoisotopic (exact) mass is 1090 g/mol. The Morgan fingerprint density at radius 1 is 0.373 bits per heavy atom. The molecule has 0 saturated heterocycles. The molecule has 0 spiro atoms. The molecule has 0 fully saturated rings. The van der Waals surface area contributed by atoms with Gasteiger partial charge in [0.05, 0.1) is 22.9 Å². The van der Waals surface area contributed by atoms with Crippen LogP contribution in [0.4, 0.5) is 17.1 Å². The number of carbonyl (C=O) groups excluding carboxylic acids is 2. The Balaban J connectivity index is 1.29. The smallest absolute Gasteiger partial charge is 0.197 e. The van der Waals surface area contributed by atoms with Crippen LogP contribution in [0.15, 0.2) is 157 Å². The van der Waals surface area contributed by atoms with Crippen molar-refractivity contribution < 1.29 is 9.59 Å². The van der Waals surface area contributed by atoms with Gasteiger partial charge in [-0.15, -0.1) is 0 Å². The van der Waals surface area contributed by atoms with Gasteiger partial charge in [0.2, 0.25) is 0 Å². The minimum atomic E-state index is -0.360. The Bertz CT molecular complexity index is 4140. The molecule has 2 aliphatic carbocycles. The van der Waals surface area contributed by atoms with E-state index >= 15 is 0 Å². The van der Waals surface area contributed by atoms with Crippen molar-refractivity contribution in [2.75, 3.05) is 4.90 Å². The summed E-state index contributed by atoms with van der Waals surface area (Å²) in [4.78, 5) is 31.0. The van der Waals surface area contributed by atoms with Crippen LogP contribution in [0.3, 0.4) is 0 Å². The summed E-state index contributed by atoms with van der Waals surface area (Å²) >= 11 is 0. The Kier molecular flexibility index (Phi) is 13.3. The van der Waals surface area contributed by atoms with Crippen molar-refractivity contribution in [2.24, 2.45) is 0 Å². The van der Waals surface area contributed by atoms with Crippen molar-refractivity contribution in [1.82, 2.24) is 0 Å². The molecule has 0 bridgehead atoms. The number of hydrogen-bond donors (Lipinski definition) is 0. The van der Waals surface area contributed by atoms with Gasteiger partial charge in [0, 0.05) is 27.9 Å². The summed E-state index contributed by atoms with van der Waals surface area (Å²) in [5, 5.41) is 14.2.